The van der Waals surface area contributed by atoms with Crippen molar-refractivity contribution < 1.29 is 18.3 Å². The van der Waals surface area contributed by atoms with Gasteiger partial charge in [0, 0.05) is 12.1 Å². The van der Waals surface area contributed by atoms with E-state index in [4.69, 9.17) is 4.74 Å². The fourth-order valence-corrected chi connectivity index (χ4v) is 1.89. The first-order valence-corrected chi connectivity index (χ1v) is 6.22. The van der Waals surface area contributed by atoms with Crippen molar-refractivity contribution in [2.75, 3.05) is 12.4 Å². The number of hydrogen-bond donors (Lipinski definition) is 1. The molecule has 1 aromatic carbocycles. The lowest BCUT2D eigenvalue weighted by Gasteiger charge is -2.08. The van der Waals surface area contributed by atoms with Crippen molar-refractivity contribution in [3.8, 4) is 5.75 Å². The molecule has 1 aliphatic carbocycles. The predicted molar refractivity (Wildman–Crippen MR) is 67.0 cm³/mol. The van der Waals surface area contributed by atoms with Crippen LogP contribution in [0.5, 0.6) is 5.75 Å². The first-order chi connectivity index (χ1) is 10.1. The van der Waals surface area contributed by atoms with Gasteiger partial charge in [0.15, 0.2) is 0 Å². The molecule has 1 fully saturated rings. The van der Waals surface area contributed by atoms with Crippen LogP contribution in [0, 0.1) is 11.6 Å². The number of amides is 1. The highest BCUT2D eigenvalue weighted by Crippen LogP contribution is 2.35. The number of nitrogens with one attached hydrogen (secondary N) is 1. The number of anilines is 1. The molecule has 2 aromatic rings. The molecule has 0 unspecified atom stereocenters. The van der Waals surface area contributed by atoms with Gasteiger partial charge in [0.05, 0.1) is 13.2 Å². The lowest BCUT2D eigenvalue weighted by molar-refractivity contribution is 0.101. The standard InChI is InChI=1S/C12H11F2N5O2/c1-21-7-4-8(13)10(9(14)5-7)11(20)15-12-16-17-18-19(12)6-2-3-6/h4-6H,2-3H2,1H3,(H,15,16,18,20). The summed E-state index contributed by atoms with van der Waals surface area (Å²) in [4.78, 5) is 12.0. The third kappa shape index (κ3) is 2.54. The van der Waals surface area contributed by atoms with E-state index in [1.54, 1.807) is 0 Å². The van der Waals surface area contributed by atoms with Crippen molar-refractivity contribution in [1.82, 2.24) is 20.2 Å². The van der Waals surface area contributed by atoms with Gasteiger partial charge >= 0.3 is 0 Å². The second-order valence-corrected chi connectivity index (χ2v) is 4.60. The molecular formula is C12H11F2N5O2. The molecule has 1 aliphatic rings. The van der Waals surface area contributed by atoms with E-state index < -0.39 is 23.1 Å². The third-order valence-electron chi connectivity index (χ3n) is 3.09. The molecule has 3 rings (SSSR count). The Morgan fingerprint density at radius 1 is 1.38 bits per heavy atom. The van der Waals surface area contributed by atoms with E-state index in [0.717, 1.165) is 25.0 Å². The minimum absolute atomic E-state index is 0.00985. The molecule has 7 nitrogen and oxygen atoms in total. The first-order valence-electron chi connectivity index (χ1n) is 6.22. The van der Waals surface area contributed by atoms with Crippen LogP contribution in [0.4, 0.5) is 14.7 Å². The molecule has 1 heterocycles. The SMILES string of the molecule is COc1cc(F)c(C(=O)Nc2nnnn2C2CC2)c(F)c1. The van der Waals surface area contributed by atoms with E-state index >= 15 is 0 Å². The fraction of sp³-hybridized carbons (Fsp3) is 0.333. The van der Waals surface area contributed by atoms with Crippen molar-refractivity contribution in [1.29, 1.82) is 0 Å². The van der Waals surface area contributed by atoms with Crippen LogP contribution in [0.25, 0.3) is 0 Å². The average molecular weight is 295 g/mol. The summed E-state index contributed by atoms with van der Waals surface area (Å²) >= 11 is 0. The van der Waals surface area contributed by atoms with Gasteiger partial charge in [0.2, 0.25) is 5.95 Å². The molecule has 1 saturated carbocycles. The lowest BCUT2D eigenvalue weighted by atomic mass is 10.1. The molecule has 0 aliphatic heterocycles. The van der Waals surface area contributed by atoms with Crippen molar-refractivity contribution in [2.45, 2.75) is 18.9 Å². The lowest BCUT2D eigenvalue weighted by Crippen LogP contribution is -2.19. The zero-order chi connectivity index (χ0) is 15.0. The van der Waals surface area contributed by atoms with Crippen LogP contribution in [0.2, 0.25) is 0 Å². The van der Waals surface area contributed by atoms with Crippen LogP contribution in [0.15, 0.2) is 12.1 Å². The highest BCUT2D eigenvalue weighted by molar-refractivity contribution is 6.03. The maximum Gasteiger partial charge on any atom is 0.264 e. The third-order valence-corrected chi connectivity index (χ3v) is 3.09. The van der Waals surface area contributed by atoms with E-state index in [0.29, 0.717) is 0 Å². The van der Waals surface area contributed by atoms with Crippen LogP contribution < -0.4 is 10.1 Å². The second kappa shape index (κ2) is 5.08. The average Bonchev–Trinajstić information content (AvgIpc) is 3.18. The number of aromatic nitrogens is 4. The number of halogens is 2. The molecule has 110 valence electrons. The summed E-state index contributed by atoms with van der Waals surface area (Å²) in [6, 6.07) is 1.99. The Kier molecular flexibility index (Phi) is 3.24. The molecule has 1 N–H and O–H groups in total. The van der Waals surface area contributed by atoms with E-state index in [2.05, 4.69) is 20.8 Å². The minimum Gasteiger partial charge on any atom is -0.497 e. The van der Waals surface area contributed by atoms with Gasteiger partial charge in [-0.1, -0.05) is 5.10 Å². The Morgan fingerprint density at radius 2 is 2.05 bits per heavy atom. The van der Waals surface area contributed by atoms with Crippen molar-refractivity contribution in [2.24, 2.45) is 0 Å². The molecule has 1 amide bonds. The number of carbonyl (C=O) groups excluding carboxylic acids is 1. The summed E-state index contributed by atoms with van der Waals surface area (Å²) in [5.41, 5.74) is -0.707. The first kappa shape index (κ1) is 13.4. The van der Waals surface area contributed by atoms with E-state index in [-0.39, 0.29) is 17.7 Å². The van der Waals surface area contributed by atoms with Gasteiger partial charge in [-0.2, -0.15) is 0 Å². The van der Waals surface area contributed by atoms with Gasteiger partial charge in [-0.15, -0.1) is 0 Å². The number of hydrogen-bond acceptors (Lipinski definition) is 5. The highest BCUT2D eigenvalue weighted by Gasteiger charge is 2.29. The maximum atomic E-state index is 13.8. The minimum atomic E-state index is -1.02. The number of methoxy groups -OCH3 is 1. The second-order valence-electron chi connectivity index (χ2n) is 4.60. The number of tetrazole rings is 1. The number of nitrogens with zero attached hydrogens (tertiary/aromatic N) is 4. The molecule has 0 spiro atoms. The molecule has 0 saturated heterocycles. The van der Waals surface area contributed by atoms with Crippen LogP contribution in [0.1, 0.15) is 29.2 Å². The summed E-state index contributed by atoms with van der Waals surface area (Å²) in [6.45, 7) is 0. The molecule has 21 heavy (non-hydrogen) atoms. The summed E-state index contributed by atoms with van der Waals surface area (Å²) < 4.78 is 33.8. The van der Waals surface area contributed by atoms with Gasteiger partial charge in [-0.3, -0.25) is 10.1 Å². The Morgan fingerprint density at radius 3 is 2.62 bits per heavy atom. The fourth-order valence-electron chi connectivity index (χ4n) is 1.89. The summed E-state index contributed by atoms with van der Waals surface area (Å²) in [5, 5.41) is 13.1. The van der Waals surface area contributed by atoms with Gasteiger partial charge in [-0.25, -0.2) is 13.5 Å². The van der Waals surface area contributed by atoms with Gasteiger partial charge < -0.3 is 4.74 Å². The summed E-state index contributed by atoms with van der Waals surface area (Å²) in [5.74, 6) is -2.93. The Hall–Kier alpha value is -2.58. The number of rotatable bonds is 4. The van der Waals surface area contributed by atoms with Crippen LogP contribution in [-0.4, -0.2) is 33.2 Å². The monoisotopic (exact) mass is 295 g/mol. The normalized spacial score (nSPS) is 14.0. The Bertz CT molecular complexity index is 676. The molecule has 0 atom stereocenters. The molecule has 0 bridgehead atoms. The number of benzene rings is 1. The van der Waals surface area contributed by atoms with E-state index in [9.17, 15) is 13.6 Å². The van der Waals surface area contributed by atoms with Crippen molar-refractivity contribution >= 4 is 11.9 Å². The van der Waals surface area contributed by atoms with Gasteiger partial charge in [0.25, 0.3) is 5.91 Å². The van der Waals surface area contributed by atoms with Gasteiger partial charge in [0.1, 0.15) is 22.9 Å². The van der Waals surface area contributed by atoms with Crippen LogP contribution in [0.3, 0.4) is 0 Å². The largest absolute Gasteiger partial charge is 0.497 e. The molecular weight excluding hydrogens is 284 g/mol. The smallest absolute Gasteiger partial charge is 0.264 e. The van der Waals surface area contributed by atoms with Crippen molar-refractivity contribution in [3.63, 3.8) is 0 Å². The Labute approximate surface area is 117 Å². The highest BCUT2D eigenvalue weighted by atomic mass is 19.1. The Balaban J connectivity index is 1.87. The summed E-state index contributed by atoms with van der Waals surface area (Å²) in [6.07, 6.45) is 1.80. The predicted octanol–water partition coefficient (Wildman–Crippen LogP) is 1.55. The van der Waals surface area contributed by atoms with Crippen LogP contribution in [-0.2, 0) is 0 Å². The zero-order valence-corrected chi connectivity index (χ0v) is 11.0. The van der Waals surface area contributed by atoms with E-state index in [1.165, 1.54) is 11.8 Å². The number of ether oxygens (including phenoxy) is 1. The number of carbonyl (C=O) groups is 1. The van der Waals surface area contributed by atoms with Crippen molar-refractivity contribution in [3.05, 3.63) is 29.3 Å². The molecule has 0 radical (unpaired) electrons. The molecule has 9 heteroatoms. The topological polar surface area (TPSA) is 81.9 Å². The zero-order valence-electron chi connectivity index (χ0n) is 11.0. The van der Waals surface area contributed by atoms with Crippen LogP contribution >= 0.6 is 0 Å². The molecule has 1 aromatic heterocycles. The summed E-state index contributed by atoms with van der Waals surface area (Å²) in [7, 11) is 1.28. The maximum absolute atomic E-state index is 13.8. The van der Waals surface area contributed by atoms with Gasteiger partial charge in [-0.05, 0) is 23.3 Å². The quantitative estimate of drug-likeness (QED) is 0.925. The van der Waals surface area contributed by atoms with E-state index in [1.807, 2.05) is 0 Å².